The van der Waals surface area contributed by atoms with Gasteiger partial charge in [0.2, 0.25) is 5.71 Å². The number of nitrogens with one attached hydrogen (secondary N) is 1. The van der Waals surface area contributed by atoms with E-state index < -0.39 is 0 Å². The lowest BCUT2D eigenvalue weighted by Crippen LogP contribution is -2.31. The van der Waals surface area contributed by atoms with Crippen molar-refractivity contribution in [2.45, 2.75) is 32.6 Å². The fourth-order valence-corrected chi connectivity index (χ4v) is 4.19. The van der Waals surface area contributed by atoms with E-state index in [0.717, 1.165) is 43.6 Å². The van der Waals surface area contributed by atoms with E-state index >= 15 is 0 Å². The summed E-state index contributed by atoms with van der Waals surface area (Å²) in [5.74, 6) is 1.28. The van der Waals surface area contributed by atoms with Crippen LogP contribution in [0.3, 0.4) is 0 Å². The first-order chi connectivity index (χ1) is 12.7. The van der Waals surface area contributed by atoms with E-state index in [9.17, 15) is 4.79 Å². The number of furan rings is 1. The standard InChI is InChI=1S/C19H22N4O2S/c1-13-15(18(24)20-7-5-14-6-10-26-11-14)16-17(21-12-22-19(16)25-13)23-8-3-2-4-9-23/h6,10-12H,2-5,7-9H2,1H3,(H,20,24). The number of carbonyl (C=O) groups excluding carboxylic acids is 1. The van der Waals surface area contributed by atoms with Crippen molar-refractivity contribution >= 4 is 34.2 Å². The molecule has 1 aliphatic heterocycles. The second kappa shape index (κ2) is 7.45. The highest BCUT2D eigenvalue weighted by Gasteiger charge is 2.25. The van der Waals surface area contributed by atoms with Crippen molar-refractivity contribution in [3.63, 3.8) is 0 Å². The first-order valence-electron chi connectivity index (χ1n) is 9.02. The van der Waals surface area contributed by atoms with Gasteiger partial charge >= 0.3 is 0 Å². The SMILES string of the molecule is Cc1oc2ncnc(N3CCCCC3)c2c1C(=O)NCCc1ccsc1. The molecule has 0 bridgehead atoms. The number of anilines is 1. The van der Waals surface area contributed by atoms with E-state index in [-0.39, 0.29) is 5.91 Å². The summed E-state index contributed by atoms with van der Waals surface area (Å²) in [5, 5.41) is 7.91. The van der Waals surface area contributed by atoms with Gasteiger partial charge in [-0.3, -0.25) is 4.79 Å². The Labute approximate surface area is 156 Å². The zero-order chi connectivity index (χ0) is 17.9. The molecule has 1 saturated heterocycles. The largest absolute Gasteiger partial charge is 0.442 e. The highest BCUT2D eigenvalue weighted by molar-refractivity contribution is 7.07. The predicted molar refractivity (Wildman–Crippen MR) is 103 cm³/mol. The molecule has 0 aromatic carbocycles. The van der Waals surface area contributed by atoms with Crippen LogP contribution < -0.4 is 10.2 Å². The van der Waals surface area contributed by atoms with Crippen molar-refractivity contribution in [2.24, 2.45) is 0 Å². The summed E-state index contributed by atoms with van der Waals surface area (Å²) in [5.41, 5.74) is 2.29. The zero-order valence-corrected chi connectivity index (χ0v) is 15.6. The van der Waals surface area contributed by atoms with Gasteiger partial charge in [0.25, 0.3) is 5.91 Å². The monoisotopic (exact) mass is 370 g/mol. The molecule has 0 unspecified atom stereocenters. The molecule has 136 valence electrons. The van der Waals surface area contributed by atoms with Gasteiger partial charge < -0.3 is 14.6 Å². The van der Waals surface area contributed by atoms with Crippen LogP contribution in [0.2, 0.25) is 0 Å². The summed E-state index contributed by atoms with van der Waals surface area (Å²) < 4.78 is 5.77. The van der Waals surface area contributed by atoms with Crippen LogP contribution >= 0.6 is 11.3 Å². The van der Waals surface area contributed by atoms with Crippen molar-refractivity contribution in [3.8, 4) is 0 Å². The van der Waals surface area contributed by atoms with Crippen molar-refractivity contribution in [3.05, 3.63) is 40.0 Å². The van der Waals surface area contributed by atoms with Crippen LogP contribution in [0.4, 0.5) is 5.82 Å². The van der Waals surface area contributed by atoms with Gasteiger partial charge in [-0.15, -0.1) is 0 Å². The molecule has 1 amide bonds. The molecular formula is C19H22N4O2S. The van der Waals surface area contributed by atoms with Crippen LogP contribution in [-0.2, 0) is 6.42 Å². The summed E-state index contributed by atoms with van der Waals surface area (Å²) in [6, 6.07) is 2.08. The van der Waals surface area contributed by atoms with Gasteiger partial charge in [0.1, 0.15) is 17.9 Å². The summed E-state index contributed by atoms with van der Waals surface area (Å²) in [7, 11) is 0. The Kier molecular flexibility index (Phi) is 4.88. The molecule has 26 heavy (non-hydrogen) atoms. The maximum Gasteiger partial charge on any atom is 0.255 e. The molecule has 6 nitrogen and oxygen atoms in total. The van der Waals surface area contributed by atoms with Crippen molar-refractivity contribution in [1.29, 1.82) is 0 Å². The first-order valence-corrected chi connectivity index (χ1v) is 9.96. The molecule has 3 aromatic heterocycles. The van der Waals surface area contributed by atoms with Gasteiger partial charge in [-0.05, 0) is 55.0 Å². The average Bonchev–Trinajstić information content (AvgIpc) is 3.28. The van der Waals surface area contributed by atoms with Crippen LogP contribution in [0.25, 0.3) is 11.1 Å². The van der Waals surface area contributed by atoms with Crippen molar-refractivity contribution in [1.82, 2.24) is 15.3 Å². The van der Waals surface area contributed by atoms with Crippen LogP contribution in [0.15, 0.2) is 27.6 Å². The lowest BCUT2D eigenvalue weighted by atomic mass is 10.1. The van der Waals surface area contributed by atoms with Crippen LogP contribution in [0, 0.1) is 6.92 Å². The second-order valence-corrected chi connectivity index (χ2v) is 7.38. The summed E-state index contributed by atoms with van der Waals surface area (Å²) in [6.45, 7) is 4.31. The van der Waals surface area contributed by atoms with E-state index in [1.54, 1.807) is 11.3 Å². The molecule has 0 atom stereocenters. The van der Waals surface area contributed by atoms with Gasteiger partial charge in [0.05, 0.1) is 10.9 Å². The third-order valence-electron chi connectivity index (χ3n) is 4.81. The molecule has 3 aromatic rings. The lowest BCUT2D eigenvalue weighted by Gasteiger charge is -2.28. The topological polar surface area (TPSA) is 71.3 Å². The average molecular weight is 370 g/mol. The number of rotatable bonds is 5. The van der Waals surface area contributed by atoms with Crippen molar-refractivity contribution < 1.29 is 9.21 Å². The van der Waals surface area contributed by atoms with Gasteiger partial charge in [0.15, 0.2) is 0 Å². The van der Waals surface area contributed by atoms with Gasteiger partial charge in [0, 0.05) is 19.6 Å². The predicted octanol–water partition coefficient (Wildman–Crippen LogP) is 3.56. The number of hydrogen-bond acceptors (Lipinski definition) is 6. The summed E-state index contributed by atoms with van der Waals surface area (Å²) >= 11 is 1.67. The number of nitrogens with zero attached hydrogens (tertiary/aromatic N) is 3. The Bertz CT molecular complexity index is 898. The molecule has 7 heteroatoms. The number of fused-ring (bicyclic) bond motifs is 1. The second-order valence-electron chi connectivity index (χ2n) is 6.60. The Morgan fingerprint density at radius 1 is 1.31 bits per heavy atom. The summed E-state index contributed by atoms with van der Waals surface area (Å²) in [4.78, 5) is 23.8. The Morgan fingerprint density at radius 3 is 2.92 bits per heavy atom. The first kappa shape index (κ1) is 17.0. The number of aryl methyl sites for hydroxylation is 1. The van der Waals surface area contributed by atoms with Gasteiger partial charge in [-0.25, -0.2) is 9.97 Å². The number of hydrogen-bond donors (Lipinski definition) is 1. The molecule has 0 aliphatic carbocycles. The third kappa shape index (κ3) is 3.31. The van der Waals surface area contributed by atoms with Crippen LogP contribution in [-0.4, -0.2) is 35.5 Å². The Morgan fingerprint density at radius 2 is 2.15 bits per heavy atom. The van der Waals surface area contributed by atoms with E-state index in [4.69, 9.17) is 4.42 Å². The van der Waals surface area contributed by atoms with Crippen LogP contribution in [0.5, 0.6) is 0 Å². The minimum Gasteiger partial charge on any atom is -0.442 e. The smallest absolute Gasteiger partial charge is 0.255 e. The van der Waals surface area contributed by atoms with Gasteiger partial charge in [-0.1, -0.05) is 0 Å². The molecule has 1 fully saturated rings. The fourth-order valence-electron chi connectivity index (χ4n) is 3.49. The molecule has 0 saturated carbocycles. The number of amides is 1. The highest BCUT2D eigenvalue weighted by Crippen LogP contribution is 2.32. The fraction of sp³-hybridized carbons (Fsp3) is 0.421. The number of aromatic nitrogens is 2. The molecular weight excluding hydrogens is 348 g/mol. The maximum atomic E-state index is 12.9. The number of thiophene rings is 1. The molecule has 1 aliphatic rings. The number of piperidine rings is 1. The van der Waals surface area contributed by atoms with E-state index in [1.807, 2.05) is 12.3 Å². The third-order valence-corrected chi connectivity index (χ3v) is 5.54. The van der Waals surface area contributed by atoms with E-state index in [1.165, 1.54) is 18.3 Å². The normalized spacial score (nSPS) is 14.7. The quantitative estimate of drug-likeness (QED) is 0.744. The maximum absolute atomic E-state index is 12.9. The molecule has 0 radical (unpaired) electrons. The Balaban J connectivity index is 1.61. The van der Waals surface area contributed by atoms with E-state index in [0.29, 0.717) is 23.6 Å². The zero-order valence-electron chi connectivity index (χ0n) is 14.8. The Hall–Kier alpha value is -2.41. The number of carbonyl (C=O) groups is 1. The molecule has 1 N–H and O–H groups in total. The van der Waals surface area contributed by atoms with Gasteiger partial charge in [-0.2, -0.15) is 11.3 Å². The highest BCUT2D eigenvalue weighted by atomic mass is 32.1. The molecule has 4 heterocycles. The molecule has 4 rings (SSSR count). The minimum absolute atomic E-state index is 0.121. The molecule has 0 spiro atoms. The minimum atomic E-state index is -0.121. The van der Waals surface area contributed by atoms with Crippen LogP contribution in [0.1, 0.15) is 40.9 Å². The summed E-state index contributed by atoms with van der Waals surface area (Å²) in [6.07, 6.45) is 5.87. The van der Waals surface area contributed by atoms with Crippen molar-refractivity contribution in [2.75, 3.05) is 24.5 Å². The van der Waals surface area contributed by atoms with E-state index in [2.05, 4.69) is 31.6 Å². The lowest BCUT2D eigenvalue weighted by molar-refractivity contribution is 0.0954.